The summed E-state index contributed by atoms with van der Waals surface area (Å²) in [5, 5.41) is 12.5. The molecule has 0 fully saturated rings. The van der Waals surface area contributed by atoms with Gasteiger partial charge in [-0.05, 0) is 44.5 Å². The van der Waals surface area contributed by atoms with Crippen molar-refractivity contribution in [2.45, 2.75) is 39.7 Å². The topological polar surface area (TPSA) is 71.3 Å². The second-order valence-electron chi connectivity index (χ2n) is 5.10. The summed E-state index contributed by atoms with van der Waals surface area (Å²) in [4.78, 5) is 22.2. The standard InChI is InChI=1S/C16H20N2O3/c1-3-18-11(2)9-12-10-13(7-8-14(12)18)17-15(19)5-4-6-16(20)21/h7-10H,3-6H2,1-2H3,(H,17,19)(H,20,21). The van der Waals surface area contributed by atoms with E-state index in [1.807, 2.05) is 18.2 Å². The number of rotatable bonds is 6. The zero-order chi connectivity index (χ0) is 15.4. The molecular weight excluding hydrogens is 268 g/mol. The molecule has 112 valence electrons. The van der Waals surface area contributed by atoms with Crippen LogP contribution in [0.3, 0.4) is 0 Å². The van der Waals surface area contributed by atoms with Crippen molar-refractivity contribution in [2.75, 3.05) is 5.32 Å². The number of carbonyl (C=O) groups excluding carboxylic acids is 1. The second kappa shape index (κ2) is 6.43. The van der Waals surface area contributed by atoms with Gasteiger partial charge in [-0.1, -0.05) is 0 Å². The van der Waals surface area contributed by atoms with E-state index in [0.29, 0.717) is 6.42 Å². The van der Waals surface area contributed by atoms with E-state index in [2.05, 4.69) is 29.8 Å². The predicted octanol–water partition coefficient (Wildman–Crippen LogP) is 3.16. The average Bonchev–Trinajstić information content (AvgIpc) is 2.72. The summed E-state index contributed by atoms with van der Waals surface area (Å²) in [6.45, 7) is 5.08. The van der Waals surface area contributed by atoms with Crippen molar-refractivity contribution in [3.63, 3.8) is 0 Å². The van der Waals surface area contributed by atoms with Gasteiger partial charge in [-0.25, -0.2) is 0 Å². The van der Waals surface area contributed by atoms with Gasteiger partial charge in [0.05, 0.1) is 0 Å². The number of aliphatic carboxylic acids is 1. The molecule has 0 saturated carbocycles. The van der Waals surface area contributed by atoms with Crippen LogP contribution in [0.25, 0.3) is 10.9 Å². The minimum absolute atomic E-state index is 0.0188. The van der Waals surface area contributed by atoms with Gasteiger partial charge in [0.2, 0.25) is 5.91 Å². The van der Waals surface area contributed by atoms with Crippen molar-refractivity contribution in [1.29, 1.82) is 0 Å². The Bertz CT molecular complexity index is 673. The SMILES string of the molecule is CCn1c(C)cc2cc(NC(=O)CCCC(=O)O)ccc21. The van der Waals surface area contributed by atoms with E-state index in [0.717, 1.165) is 23.1 Å². The first kappa shape index (κ1) is 15.1. The van der Waals surface area contributed by atoms with Gasteiger partial charge in [0.15, 0.2) is 0 Å². The van der Waals surface area contributed by atoms with Crippen molar-refractivity contribution in [1.82, 2.24) is 4.57 Å². The number of aromatic nitrogens is 1. The number of nitrogens with one attached hydrogen (secondary N) is 1. The zero-order valence-corrected chi connectivity index (χ0v) is 12.3. The number of benzene rings is 1. The molecule has 2 rings (SSSR count). The summed E-state index contributed by atoms with van der Waals surface area (Å²) in [6.07, 6.45) is 0.596. The third-order valence-electron chi connectivity index (χ3n) is 3.50. The van der Waals surface area contributed by atoms with E-state index < -0.39 is 5.97 Å². The van der Waals surface area contributed by atoms with Crippen LogP contribution in [-0.4, -0.2) is 21.6 Å². The molecule has 0 unspecified atom stereocenters. The molecule has 0 saturated heterocycles. The van der Waals surface area contributed by atoms with Crippen LogP contribution < -0.4 is 5.32 Å². The Morgan fingerprint density at radius 1 is 1.24 bits per heavy atom. The van der Waals surface area contributed by atoms with Crippen molar-refractivity contribution < 1.29 is 14.7 Å². The second-order valence-corrected chi connectivity index (χ2v) is 5.10. The number of carboxylic acid groups (broad SMARTS) is 1. The van der Waals surface area contributed by atoms with Gasteiger partial charge in [-0.2, -0.15) is 0 Å². The molecule has 0 atom stereocenters. The number of carbonyl (C=O) groups is 2. The Hall–Kier alpha value is -2.30. The highest BCUT2D eigenvalue weighted by Crippen LogP contribution is 2.23. The van der Waals surface area contributed by atoms with E-state index in [9.17, 15) is 9.59 Å². The molecule has 5 nitrogen and oxygen atoms in total. The van der Waals surface area contributed by atoms with Crippen molar-refractivity contribution in [2.24, 2.45) is 0 Å². The highest BCUT2D eigenvalue weighted by molar-refractivity contribution is 5.94. The molecule has 1 heterocycles. The minimum Gasteiger partial charge on any atom is -0.481 e. The Morgan fingerprint density at radius 2 is 2.00 bits per heavy atom. The van der Waals surface area contributed by atoms with E-state index in [4.69, 9.17) is 5.11 Å². The highest BCUT2D eigenvalue weighted by atomic mass is 16.4. The number of hydrogen-bond donors (Lipinski definition) is 2. The zero-order valence-electron chi connectivity index (χ0n) is 12.3. The number of fused-ring (bicyclic) bond motifs is 1. The fraction of sp³-hybridized carbons (Fsp3) is 0.375. The highest BCUT2D eigenvalue weighted by Gasteiger charge is 2.07. The van der Waals surface area contributed by atoms with Crippen molar-refractivity contribution >= 4 is 28.5 Å². The lowest BCUT2D eigenvalue weighted by atomic mass is 10.2. The summed E-state index contributed by atoms with van der Waals surface area (Å²) in [6, 6.07) is 7.92. The van der Waals surface area contributed by atoms with Crippen LogP contribution in [0.5, 0.6) is 0 Å². The van der Waals surface area contributed by atoms with Crippen LogP contribution >= 0.6 is 0 Å². The van der Waals surface area contributed by atoms with Gasteiger partial charge in [0.25, 0.3) is 0 Å². The molecule has 1 aromatic heterocycles. The fourth-order valence-corrected chi connectivity index (χ4v) is 2.53. The molecule has 0 radical (unpaired) electrons. The van der Waals surface area contributed by atoms with Gasteiger partial charge in [0.1, 0.15) is 0 Å². The lowest BCUT2D eigenvalue weighted by molar-refractivity contribution is -0.137. The molecule has 0 bridgehead atoms. The van der Waals surface area contributed by atoms with E-state index >= 15 is 0 Å². The van der Waals surface area contributed by atoms with E-state index in [1.165, 1.54) is 5.69 Å². The van der Waals surface area contributed by atoms with Crippen molar-refractivity contribution in [3.05, 3.63) is 30.0 Å². The van der Waals surface area contributed by atoms with E-state index in [-0.39, 0.29) is 18.7 Å². The lowest BCUT2D eigenvalue weighted by Crippen LogP contribution is -2.11. The monoisotopic (exact) mass is 288 g/mol. The van der Waals surface area contributed by atoms with Crippen LogP contribution in [0.1, 0.15) is 31.9 Å². The van der Waals surface area contributed by atoms with Crippen LogP contribution in [0.15, 0.2) is 24.3 Å². The quantitative estimate of drug-likeness (QED) is 0.857. The molecule has 0 aliphatic heterocycles. The molecule has 2 aromatic rings. The maximum atomic E-state index is 11.7. The van der Waals surface area contributed by atoms with Gasteiger partial charge in [-0.15, -0.1) is 0 Å². The van der Waals surface area contributed by atoms with E-state index in [1.54, 1.807) is 0 Å². The summed E-state index contributed by atoms with van der Waals surface area (Å²) >= 11 is 0. The summed E-state index contributed by atoms with van der Waals surface area (Å²) in [7, 11) is 0. The number of aryl methyl sites for hydroxylation is 2. The van der Waals surface area contributed by atoms with Gasteiger partial charge < -0.3 is 15.0 Å². The van der Waals surface area contributed by atoms with Gasteiger partial charge in [0, 0.05) is 41.7 Å². The lowest BCUT2D eigenvalue weighted by Gasteiger charge is -2.07. The maximum absolute atomic E-state index is 11.7. The Kier molecular flexibility index (Phi) is 4.62. The molecule has 1 aromatic carbocycles. The van der Waals surface area contributed by atoms with Crippen LogP contribution in [-0.2, 0) is 16.1 Å². The molecule has 5 heteroatoms. The molecule has 1 amide bonds. The average molecular weight is 288 g/mol. The van der Waals surface area contributed by atoms with Crippen LogP contribution in [0.2, 0.25) is 0 Å². The largest absolute Gasteiger partial charge is 0.481 e. The first-order chi connectivity index (χ1) is 10.0. The Labute approximate surface area is 123 Å². The smallest absolute Gasteiger partial charge is 0.303 e. The number of anilines is 1. The Balaban J connectivity index is 2.06. The van der Waals surface area contributed by atoms with Crippen LogP contribution in [0, 0.1) is 6.92 Å². The summed E-state index contributed by atoms with van der Waals surface area (Å²) < 4.78 is 2.22. The van der Waals surface area contributed by atoms with Gasteiger partial charge in [-0.3, -0.25) is 9.59 Å². The first-order valence-corrected chi connectivity index (χ1v) is 7.12. The molecule has 0 spiro atoms. The maximum Gasteiger partial charge on any atom is 0.303 e. The number of amides is 1. The van der Waals surface area contributed by atoms with Crippen molar-refractivity contribution in [3.8, 4) is 0 Å². The number of hydrogen-bond acceptors (Lipinski definition) is 2. The third-order valence-corrected chi connectivity index (χ3v) is 3.50. The molecular formula is C16H20N2O3. The number of nitrogens with zero attached hydrogens (tertiary/aromatic N) is 1. The summed E-state index contributed by atoms with van der Waals surface area (Å²) in [5.74, 6) is -1.03. The first-order valence-electron chi connectivity index (χ1n) is 7.12. The predicted molar refractivity (Wildman–Crippen MR) is 82.5 cm³/mol. The number of carboxylic acids is 1. The third kappa shape index (κ3) is 3.62. The minimum atomic E-state index is -0.874. The molecule has 21 heavy (non-hydrogen) atoms. The van der Waals surface area contributed by atoms with Gasteiger partial charge >= 0.3 is 5.97 Å². The Morgan fingerprint density at radius 3 is 2.67 bits per heavy atom. The summed E-state index contributed by atoms with van der Waals surface area (Å²) in [5.41, 5.74) is 3.09. The fourth-order valence-electron chi connectivity index (χ4n) is 2.53. The van der Waals surface area contributed by atoms with Crippen LogP contribution in [0.4, 0.5) is 5.69 Å². The normalized spacial score (nSPS) is 10.8. The molecule has 0 aliphatic rings. The molecule has 2 N–H and O–H groups in total. The molecule has 0 aliphatic carbocycles.